The van der Waals surface area contributed by atoms with Crippen molar-refractivity contribution in [2.75, 3.05) is 0 Å². The van der Waals surface area contributed by atoms with Crippen molar-refractivity contribution in [3.8, 4) is 0 Å². The van der Waals surface area contributed by atoms with E-state index in [0.717, 1.165) is 24.3 Å². The molecule has 5 nitrogen and oxygen atoms in total. The van der Waals surface area contributed by atoms with E-state index in [1.165, 1.54) is 44.7 Å². The van der Waals surface area contributed by atoms with Gasteiger partial charge in [-0.25, -0.2) is 9.48 Å². The van der Waals surface area contributed by atoms with E-state index in [4.69, 9.17) is 5.11 Å². The van der Waals surface area contributed by atoms with E-state index in [2.05, 4.69) is 10.3 Å². The molecule has 0 unspecified atom stereocenters. The molecule has 0 aromatic carbocycles. The molecule has 4 saturated carbocycles. The summed E-state index contributed by atoms with van der Waals surface area (Å²) in [5.41, 5.74) is 0.530. The zero-order chi connectivity index (χ0) is 13.0. The average molecular weight is 261 g/mol. The molecule has 19 heavy (non-hydrogen) atoms. The van der Waals surface area contributed by atoms with Crippen LogP contribution in [0.5, 0.6) is 0 Å². The van der Waals surface area contributed by atoms with Crippen LogP contribution in [-0.2, 0) is 6.54 Å². The molecule has 0 atom stereocenters. The number of carboxylic acid groups (broad SMARTS) is 1. The maximum atomic E-state index is 11.2. The molecule has 1 heterocycles. The molecular weight excluding hydrogens is 242 g/mol. The molecular formula is C14H19N3O2. The maximum absolute atomic E-state index is 11.2. The Morgan fingerprint density at radius 3 is 2.37 bits per heavy atom. The Bertz CT molecular complexity index is 487. The molecule has 0 saturated heterocycles. The molecule has 4 fully saturated rings. The largest absolute Gasteiger partial charge is 0.476 e. The smallest absolute Gasteiger partial charge is 0.355 e. The van der Waals surface area contributed by atoms with Gasteiger partial charge in [0.1, 0.15) is 0 Å². The SMILES string of the molecule is O=C(O)c1cnnn1CC12CC3CC(CC(C3)C1)C2. The van der Waals surface area contributed by atoms with E-state index in [0.29, 0.717) is 5.41 Å². The van der Waals surface area contributed by atoms with Gasteiger partial charge in [0.25, 0.3) is 0 Å². The molecule has 1 aromatic rings. The zero-order valence-corrected chi connectivity index (χ0v) is 11.0. The van der Waals surface area contributed by atoms with Gasteiger partial charge in [-0.3, -0.25) is 0 Å². The minimum absolute atomic E-state index is 0.232. The number of nitrogens with zero attached hydrogens (tertiary/aromatic N) is 3. The Morgan fingerprint density at radius 1 is 1.26 bits per heavy atom. The number of carboxylic acids is 1. The van der Waals surface area contributed by atoms with Gasteiger partial charge in [0, 0.05) is 6.54 Å². The number of hydrogen-bond donors (Lipinski definition) is 1. The van der Waals surface area contributed by atoms with E-state index in [1.807, 2.05) is 0 Å². The van der Waals surface area contributed by atoms with E-state index in [-0.39, 0.29) is 5.69 Å². The molecule has 0 radical (unpaired) electrons. The van der Waals surface area contributed by atoms with Crippen LogP contribution in [0.3, 0.4) is 0 Å². The van der Waals surface area contributed by atoms with Crippen molar-refractivity contribution in [3.63, 3.8) is 0 Å². The summed E-state index contributed by atoms with van der Waals surface area (Å²) in [5, 5.41) is 16.9. The van der Waals surface area contributed by atoms with Crippen LogP contribution in [0.15, 0.2) is 6.20 Å². The van der Waals surface area contributed by atoms with Crippen LogP contribution in [0, 0.1) is 23.2 Å². The van der Waals surface area contributed by atoms with Crippen molar-refractivity contribution in [1.29, 1.82) is 0 Å². The van der Waals surface area contributed by atoms with Crippen molar-refractivity contribution < 1.29 is 9.90 Å². The maximum Gasteiger partial charge on any atom is 0.355 e. The number of aromatic carboxylic acids is 1. The summed E-state index contributed by atoms with van der Waals surface area (Å²) >= 11 is 0. The first-order chi connectivity index (χ1) is 9.13. The average Bonchev–Trinajstić information content (AvgIpc) is 2.74. The van der Waals surface area contributed by atoms with Gasteiger partial charge >= 0.3 is 5.97 Å². The van der Waals surface area contributed by atoms with Gasteiger partial charge in [-0.05, 0) is 61.7 Å². The number of aromatic nitrogens is 3. The third kappa shape index (κ3) is 1.78. The first-order valence-corrected chi connectivity index (χ1v) is 7.25. The Balaban J connectivity index is 1.62. The van der Waals surface area contributed by atoms with Gasteiger partial charge in [0.15, 0.2) is 5.69 Å². The molecule has 0 amide bonds. The van der Waals surface area contributed by atoms with Crippen LogP contribution in [-0.4, -0.2) is 26.1 Å². The summed E-state index contributed by atoms with van der Waals surface area (Å²) in [6.45, 7) is 0.748. The molecule has 0 spiro atoms. The van der Waals surface area contributed by atoms with Gasteiger partial charge in [-0.1, -0.05) is 5.21 Å². The Morgan fingerprint density at radius 2 is 1.84 bits per heavy atom. The van der Waals surface area contributed by atoms with Crippen LogP contribution in [0.1, 0.15) is 49.0 Å². The van der Waals surface area contributed by atoms with Crippen LogP contribution in [0.4, 0.5) is 0 Å². The summed E-state index contributed by atoms with van der Waals surface area (Å²) in [7, 11) is 0. The highest BCUT2D eigenvalue weighted by Crippen LogP contribution is 2.60. The van der Waals surface area contributed by atoms with Crippen LogP contribution < -0.4 is 0 Å². The Hall–Kier alpha value is -1.39. The number of rotatable bonds is 3. The standard InChI is InChI=1S/C14H19N3O2/c18-13(19)12-7-15-16-17(12)8-14-4-9-1-10(5-14)3-11(2-9)6-14/h7,9-11H,1-6,8H2,(H,18,19). The first kappa shape index (κ1) is 11.4. The molecule has 4 aliphatic rings. The monoisotopic (exact) mass is 261 g/mol. The van der Waals surface area contributed by atoms with E-state index < -0.39 is 5.97 Å². The highest BCUT2D eigenvalue weighted by molar-refractivity contribution is 5.85. The second kappa shape index (κ2) is 3.81. The molecule has 0 aliphatic heterocycles. The number of carbonyl (C=O) groups is 1. The summed E-state index contributed by atoms with van der Waals surface area (Å²) in [6, 6.07) is 0. The molecule has 4 aliphatic carbocycles. The minimum atomic E-state index is -0.922. The first-order valence-electron chi connectivity index (χ1n) is 7.25. The van der Waals surface area contributed by atoms with Gasteiger partial charge in [0.2, 0.25) is 0 Å². The summed E-state index contributed by atoms with van der Waals surface area (Å²) < 4.78 is 1.62. The fourth-order valence-corrected chi connectivity index (χ4v) is 5.34. The molecule has 5 rings (SSSR count). The molecule has 5 heteroatoms. The second-order valence-electron chi connectivity index (χ2n) is 7.00. The predicted molar refractivity (Wildman–Crippen MR) is 67.6 cm³/mol. The molecule has 1 N–H and O–H groups in total. The van der Waals surface area contributed by atoms with Gasteiger partial charge < -0.3 is 5.11 Å². The van der Waals surface area contributed by atoms with Crippen molar-refractivity contribution >= 4 is 5.97 Å². The summed E-state index contributed by atoms with van der Waals surface area (Å²) in [4.78, 5) is 11.2. The van der Waals surface area contributed by atoms with Crippen molar-refractivity contribution in [2.45, 2.75) is 45.1 Å². The Kier molecular flexibility index (Phi) is 2.29. The third-order valence-corrected chi connectivity index (χ3v) is 5.49. The minimum Gasteiger partial charge on any atom is -0.476 e. The summed E-state index contributed by atoms with van der Waals surface area (Å²) in [6.07, 6.45) is 9.36. The quantitative estimate of drug-likeness (QED) is 0.905. The normalized spacial score (nSPS) is 39.7. The highest BCUT2D eigenvalue weighted by atomic mass is 16.4. The molecule has 102 valence electrons. The Labute approximate surface area is 112 Å². The van der Waals surface area contributed by atoms with Crippen LogP contribution in [0.25, 0.3) is 0 Å². The lowest BCUT2D eigenvalue weighted by Gasteiger charge is -2.56. The van der Waals surface area contributed by atoms with E-state index >= 15 is 0 Å². The zero-order valence-electron chi connectivity index (χ0n) is 11.0. The molecule has 1 aromatic heterocycles. The molecule has 4 bridgehead atoms. The lowest BCUT2D eigenvalue weighted by Crippen LogP contribution is -2.48. The van der Waals surface area contributed by atoms with Crippen LogP contribution in [0.2, 0.25) is 0 Å². The number of hydrogen-bond acceptors (Lipinski definition) is 3. The van der Waals surface area contributed by atoms with Gasteiger partial charge in [-0.15, -0.1) is 5.10 Å². The van der Waals surface area contributed by atoms with Crippen molar-refractivity contribution in [3.05, 3.63) is 11.9 Å². The second-order valence-corrected chi connectivity index (χ2v) is 7.00. The van der Waals surface area contributed by atoms with Crippen molar-refractivity contribution in [1.82, 2.24) is 15.0 Å². The lowest BCUT2D eigenvalue weighted by molar-refractivity contribution is -0.0640. The third-order valence-electron chi connectivity index (χ3n) is 5.49. The van der Waals surface area contributed by atoms with Crippen molar-refractivity contribution in [2.24, 2.45) is 23.2 Å². The predicted octanol–water partition coefficient (Wildman–Crippen LogP) is 2.19. The topological polar surface area (TPSA) is 68.0 Å². The summed E-state index contributed by atoms with van der Waals surface area (Å²) in [5.74, 6) is 1.71. The van der Waals surface area contributed by atoms with E-state index in [9.17, 15) is 4.79 Å². The van der Waals surface area contributed by atoms with Gasteiger partial charge in [0.05, 0.1) is 6.20 Å². The van der Waals surface area contributed by atoms with Crippen LogP contribution >= 0.6 is 0 Å². The lowest BCUT2D eigenvalue weighted by atomic mass is 9.49. The van der Waals surface area contributed by atoms with E-state index in [1.54, 1.807) is 4.68 Å². The fraction of sp³-hybridized carbons (Fsp3) is 0.786. The highest BCUT2D eigenvalue weighted by Gasteiger charge is 2.51. The van der Waals surface area contributed by atoms with Gasteiger partial charge in [-0.2, -0.15) is 0 Å². The fourth-order valence-electron chi connectivity index (χ4n) is 5.34.